The van der Waals surface area contributed by atoms with Crippen LogP contribution in [0.25, 0.3) is 0 Å². The van der Waals surface area contributed by atoms with E-state index in [1.807, 2.05) is 39.0 Å². The first-order chi connectivity index (χ1) is 13.8. The van der Waals surface area contributed by atoms with Gasteiger partial charge < -0.3 is 15.0 Å². The van der Waals surface area contributed by atoms with Crippen molar-refractivity contribution in [1.82, 2.24) is 15.1 Å². The molecule has 1 aromatic rings. The van der Waals surface area contributed by atoms with E-state index in [9.17, 15) is 9.59 Å². The molecule has 2 heterocycles. The maximum absolute atomic E-state index is 12.8. The average molecular weight is 402 g/mol. The number of ether oxygens (including phenoxy) is 1. The van der Waals surface area contributed by atoms with Gasteiger partial charge in [-0.3, -0.25) is 9.69 Å². The zero-order valence-corrected chi connectivity index (χ0v) is 18.0. The van der Waals surface area contributed by atoms with Gasteiger partial charge in [0, 0.05) is 26.2 Å². The van der Waals surface area contributed by atoms with Crippen LogP contribution in [0, 0.1) is 5.92 Å². The van der Waals surface area contributed by atoms with Crippen LogP contribution in [0.2, 0.25) is 0 Å². The van der Waals surface area contributed by atoms with Crippen LogP contribution in [-0.2, 0) is 16.1 Å². The van der Waals surface area contributed by atoms with Crippen LogP contribution in [0.4, 0.5) is 4.79 Å². The lowest BCUT2D eigenvalue weighted by Gasteiger charge is -2.34. The summed E-state index contributed by atoms with van der Waals surface area (Å²) in [5.41, 5.74) is 0.760. The van der Waals surface area contributed by atoms with Gasteiger partial charge in [0.1, 0.15) is 5.60 Å². The smallest absolute Gasteiger partial charge is 0.410 e. The van der Waals surface area contributed by atoms with E-state index < -0.39 is 5.60 Å². The van der Waals surface area contributed by atoms with Gasteiger partial charge in [-0.1, -0.05) is 30.3 Å². The predicted molar refractivity (Wildman–Crippen MR) is 113 cm³/mol. The van der Waals surface area contributed by atoms with Crippen molar-refractivity contribution in [3.63, 3.8) is 0 Å². The monoisotopic (exact) mass is 401 g/mol. The molecule has 2 fully saturated rings. The SMILES string of the molecule is CC(C)(C)OC(=O)N1CCCC(CNC(=O)C2CCCN2Cc2ccccc2)C1. The quantitative estimate of drug-likeness (QED) is 0.821. The first-order valence-corrected chi connectivity index (χ1v) is 10.9. The number of carbonyl (C=O) groups is 2. The Morgan fingerprint density at radius 2 is 1.83 bits per heavy atom. The molecule has 0 bridgehead atoms. The highest BCUT2D eigenvalue weighted by atomic mass is 16.6. The van der Waals surface area contributed by atoms with Crippen LogP contribution in [0.1, 0.15) is 52.0 Å². The van der Waals surface area contributed by atoms with E-state index in [4.69, 9.17) is 4.74 Å². The fraction of sp³-hybridized carbons (Fsp3) is 0.652. The summed E-state index contributed by atoms with van der Waals surface area (Å²) in [6.45, 7) is 9.42. The van der Waals surface area contributed by atoms with E-state index in [1.165, 1.54) is 5.56 Å². The van der Waals surface area contributed by atoms with Gasteiger partial charge in [0.2, 0.25) is 5.91 Å². The largest absolute Gasteiger partial charge is 0.444 e. The molecule has 2 saturated heterocycles. The topological polar surface area (TPSA) is 61.9 Å². The van der Waals surface area contributed by atoms with Gasteiger partial charge in [-0.25, -0.2) is 4.79 Å². The molecule has 29 heavy (non-hydrogen) atoms. The maximum Gasteiger partial charge on any atom is 0.410 e. The minimum Gasteiger partial charge on any atom is -0.444 e. The Morgan fingerprint density at radius 1 is 1.10 bits per heavy atom. The van der Waals surface area contributed by atoms with E-state index in [-0.39, 0.29) is 24.0 Å². The fourth-order valence-electron chi connectivity index (χ4n) is 4.22. The van der Waals surface area contributed by atoms with Crippen LogP contribution in [0.3, 0.4) is 0 Å². The van der Waals surface area contributed by atoms with Gasteiger partial charge >= 0.3 is 6.09 Å². The molecule has 6 heteroatoms. The highest BCUT2D eigenvalue weighted by Gasteiger charge is 2.32. The second-order valence-corrected chi connectivity index (χ2v) is 9.29. The van der Waals surface area contributed by atoms with Crippen LogP contribution < -0.4 is 5.32 Å². The first-order valence-electron chi connectivity index (χ1n) is 10.9. The second-order valence-electron chi connectivity index (χ2n) is 9.29. The Labute approximate surface area is 174 Å². The standard InChI is InChI=1S/C23H35N3O3/c1-23(2,3)29-22(28)26-14-7-11-19(17-26)15-24-21(27)20-12-8-13-25(20)16-18-9-5-4-6-10-18/h4-6,9-10,19-20H,7-8,11-17H2,1-3H3,(H,24,27). The summed E-state index contributed by atoms with van der Waals surface area (Å²) >= 11 is 0. The number of hydrogen-bond donors (Lipinski definition) is 1. The molecular formula is C23H35N3O3. The number of carbonyl (C=O) groups excluding carboxylic acids is 2. The van der Waals surface area contributed by atoms with Crippen LogP contribution in [0.15, 0.2) is 30.3 Å². The second kappa shape index (κ2) is 9.61. The van der Waals surface area contributed by atoms with Crippen molar-refractivity contribution in [3.8, 4) is 0 Å². The molecule has 2 atom stereocenters. The molecule has 2 aliphatic rings. The summed E-state index contributed by atoms with van der Waals surface area (Å²) < 4.78 is 5.50. The molecular weight excluding hydrogens is 366 g/mol. The molecule has 0 saturated carbocycles. The number of nitrogens with one attached hydrogen (secondary N) is 1. The average Bonchev–Trinajstić information content (AvgIpc) is 3.14. The molecule has 0 aliphatic carbocycles. The van der Waals surface area contributed by atoms with Gasteiger partial charge in [0.25, 0.3) is 0 Å². The molecule has 0 spiro atoms. The zero-order valence-electron chi connectivity index (χ0n) is 18.0. The van der Waals surface area contributed by atoms with Crippen molar-refractivity contribution in [1.29, 1.82) is 0 Å². The summed E-state index contributed by atoms with van der Waals surface area (Å²) in [5, 5.41) is 3.16. The highest BCUT2D eigenvalue weighted by Crippen LogP contribution is 2.22. The van der Waals surface area contributed by atoms with E-state index in [0.29, 0.717) is 13.1 Å². The number of benzene rings is 1. The Hall–Kier alpha value is -2.08. The summed E-state index contributed by atoms with van der Waals surface area (Å²) in [4.78, 5) is 29.2. The fourth-order valence-corrected chi connectivity index (χ4v) is 4.22. The van der Waals surface area contributed by atoms with Crippen molar-refractivity contribution in [2.45, 2.75) is 64.6 Å². The highest BCUT2D eigenvalue weighted by molar-refractivity contribution is 5.82. The molecule has 2 unspecified atom stereocenters. The Kier molecular flexibility index (Phi) is 7.17. The van der Waals surface area contributed by atoms with Gasteiger partial charge in [-0.15, -0.1) is 0 Å². The number of nitrogens with zero attached hydrogens (tertiary/aromatic N) is 2. The molecule has 1 aromatic carbocycles. The lowest BCUT2D eigenvalue weighted by Crippen LogP contribution is -2.48. The van der Waals surface area contributed by atoms with E-state index in [1.54, 1.807) is 4.90 Å². The van der Waals surface area contributed by atoms with Crippen LogP contribution in [-0.4, -0.2) is 59.6 Å². The van der Waals surface area contributed by atoms with Gasteiger partial charge in [-0.2, -0.15) is 0 Å². The lowest BCUT2D eigenvalue weighted by atomic mass is 9.98. The first kappa shape index (κ1) is 21.6. The number of likely N-dealkylation sites (tertiary alicyclic amines) is 2. The van der Waals surface area contributed by atoms with Crippen LogP contribution >= 0.6 is 0 Å². The molecule has 160 valence electrons. The Balaban J connectivity index is 1.47. The molecule has 1 N–H and O–H groups in total. The summed E-state index contributed by atoms with van der Waals surface area (Å²) in [7, 11) is 0. The lowest BCUT2D eigenvalue weighted by molar-refractivity contribution is -0.125. The normalized spacial score (nSPS) is 23.1. The van der Waals surface area contributed by atoms with E-state index >= 15 is 0 Å². The summed E-state index contributed by atoms with van der Waals surface area (Å²) in [6, 6.07) is 10.3. The van der Waals surface area contributed by atoms with E-state index in [0.717, 1.165) is 45.3 Å². The van der Waals surface area contributed by atoms with Crippen molar-refractivity contribution in [2.75, 3.05) is 26.2 Å². The number of rotatable bonds is 5. The third-order valence-corrected chi connectivity index (χ3v) is 5.63. The number of amides is 2. The third kappa shape index (κ3) is 6.46. The molecule has 2 amide bonds. The number of hydrogen-bond acceptors (Lipinski definition) is 4. The molecule has 6 nitrogen and oxygen atoms in total. The van der Waals surface area contributed by atoms with Gasteiger partial charge in [0.15, 0.2) is 0 Å². The molecule has 2 aliphatic heterocycles. The maximum atomic E-state index is 12.8. The van der Waals surface area contributed by atoms with Crippen molar-refractivity contribution < 1.29 is 14.3 Å². The van der Waals surface area contributed by atoms with Gasteiger partial charge in [0.05, 0.1) is 6.04 Å². The van der Waals surface area contributed by atoms with Crippen molar-refractivity contribution in [2.24, 2.45) is 5.92 Å². The molecule has 0 aromatic heterocycles. The Morgan fingerprint density at radius 3 is 2.55 bits per heavy atom. The zero-order chi connectivity index (χ0) is 20.9. The summed E-state index contributed by atoms with van der Waals surface area (Å²) in [6.07, 6.45) is 3.69. The predicted octanol–water partition coefficient (Wildman–Crippen LogP) is 3.41. The van der Waals surface area contributed by atoms with Gasteiger partial charge in [-0.05, 0) is 64.5 Å². The number of piperidine rings is 1. The van der Waals surface area contributed by atoms with E-state index in [2.05, 4.69) is 22.3 Å². The minimum absolute atomic E-state index is 0.0549. The van der Waals surface area contributed by atoms with Crippen molar-refractivity contribution >= 4 is 12.0 Å². The summed E-state index contributed by atoms with van der Waals surface area (Å²) in [5.74, 6) is 0.400. The van der Waals surface area contributed by atoms with Crippen molar-refractivity contribution in [3.05, 3.63) is 35.9 Å². The molecule has 0 radical (unpaired) electrons. The Bertz CT molecular complexity index is 686. The third-order valence-electron chi connectivity index (χ3n) is 5.63. The molecule has 3 rings (SSSR count). The van der Waals surface area contributed by atoms with Crippen LogP contribution in [0.5, 0.6) is 0 Å². The minimum atomic E-state index is -0.483.